The van der Waals surface area contributed by atoms with Crippen LogP contribution in [0, 0.1) is 17.8 Å². The molecule has 8 heteroatoms. The fraction of sp³-hybridized carbons (Fsp3) is 0.545. The van der Waals surface area contributed by atoms with Crippen molar-refractivity contribution in [3.8, 4) is 0 Å². The average Bonchev–Trinajstić information content (AvgIpc) is 2.73. The second-order valence-electron chi connectivity index (χ2n) is 8.47. The van der Waals surface area contributed by atoms with Crippen molar-refractivity contribution in [3.63, 3.8) is 0 Å². The molecule has 1 aromatic rings. The van der Waals surface area contributed by atoms with E-state index in [0.717, 1.165) is 12.0 Å². The van der Waals surface area contributed by atoms with Crippen LogP contribution in [0.25, 0.3) is 0 Å². The van der Waals surface area contributed by atoms with Gasteiger partial charge in [0.25, 0.3) is 0 Å². The molecule has 1 amide bonds. The Morgan fingerprint density at radius 1 is 1.00 bits per heavy atom. The molecule has 1 fully saturated rings. The van der Waals surface area contributed by atoms with Crippen molar-refractivity contribution in [1.82, 2.24) is 9.21 Å². The molecular weight excluding hydrogens is 404 g/mol. The quantitative estimate of drug-likeness (QED) is 0.694. The molecule has 1 aromatic carbocycles. The van der Waals surface area contributed by atoms with Gasteiger partial charge in [0.2, 0.25) is 15.9 Å². The van der Waals surface area contributed by atoms with Crippen molar-refractivity contribution in [1.29, 1.82) is 0 Å². The fourth-order valence-electron chi connectivity index (χ4n) is 4.16. The maximum atomic E-state index is 13.0. The molecule has 1 N–H and O–H groups in total. The standard InChI is InChI=1S/C22H30N2O5S/c1-16(2)15-17-7-9-18(10-8-17)30(28,29)24-13-11-23(12-14-24)21(25)19-5-3-4-6-20(19)22(26)27/h3-4,7-10,16,19-20H,5-6,11-15H2,1-2H3,(H,26,27)/t19-,20+/m1/s1. The number of carboxylic acids is 1. The molecule has 0 unspecified atom stereocenters. The van der Waals surface area contributed by atoms with Gasteiger partial charge >= 0.3 is 5.97 Å². The SMILES string of the molecule is CC(C)Cc1ccc(S(=O)(=O)N2CCN(C(=O)[C@@H]3CC=CC[C@@H]3C(=O)O)CC2)cc1. The second kappa shape index (κ2) is 9.31. The van der Waals surface area contributed by atoms with Crippen molar-refractivity contribution >= 4 is 21.9 Å². The summed E-state index contributed by atoms with van der Waals surface area (Å²) in [6.45, 7) is 5.21. The van der Waals surface area contributed by atoms with Gasteiger partial charge in [-0.1, -0.05) is 38.1 Å². The molecule has 0 radical (unpaired) electrons. The monoisotopic (exact) mass is 434 g/mol. The van der Waals surface area contributed by atoms with Crippen molar-refractivity contribution in [2.45, 2.75) is 38.0 Å². The molecular formula is C22H30N2O5S. The van der Waals surface area contributed by atoms with Gasteiger partial charge in [0, 0.05) is 26.2 Å². The summed E-state index contributed by atoms with van der Waals surface area (Å²) in [5, 5.41) is 9.41. The van der Waals surface area contributed by atoms with Crippen LogP contribution >= 0.6 is 0 Å². The van der Waals surface area contributed by atoms with Crippen molar-refractivity contribution < 1.29 is 23.1 Å². The molecule has 1 saturated heterocycles. The summed E-state index contributed by atoms with van der Waals surface area (Å²) >= 11 is 0. The van der Waals surface area contributed by atoms with Gasteiger partial charge in [0.1, 0.15) is 0 Å². The molecule has 0 aromatic heterocycles. The van der Waals surface area contributed by atoms with E-state index in [1.807, 2.05) is 18.2 Å². The first-order valence-electron chi connectivity index (χ1n) is 10.5. The van der Waals surface area contributed by atoms with Crippen LogP contribution in [-0.4, -0.2) is 60.8 Å². The van der Waals surface area contributed by atoms with E-state index in [9.17, 15) is 23.1 Å². The third kappa shape index (κ3) is 4.92. The average molecular weight is 435 g/mol. The van der Waals surface area contributed by atoms with E-state index >= 15 is 0 Å². The molecule has 0 saturated carbocycles. The van der Waals surface area contributed by atoms with Gasteiger partial charge in [0.15, 0.2) is 0 Å². The molecule has 2 aliphatic rings. The number of amides is 1. The van der Waals surface area contributed by atoms with Crippen LogP contribution in [0.15, 0.2) is 41.3 Å². The molecule has 3 rings (SSSR count). The number of allylic oxidation sites excluding steroid dienone is 2. The van der Waals surface area contributed by atoms with E-state index in [0.29, 0.717) is 18.8 Å². The Hall–Kier alpha value is -2.19. The van der Waals surface area contributed by atoms with Gasteiger partial charge in [-0.25, -0.2) is 8.42 Å². The normalized spacial score (nSPS) is 23.0. The predicted molar refractivity (Wildman–Crippen MR) is 113 cm³/mol. The van der Waals surface area contributed by atoms with Crippen LogP contribution in [0.2, 0.25) is 0 Å². The highest BCUT2D eigenvalue weighted by atomic mass is 32.2. The number of nitrogens with zero attached hydrogens (tertiary/aromatic N) is 2. The number of sulfonamides is 1. The number of rotatable bonds is 6. The number of carboxylic acid groups (broad SMARTS) is 1. The van der Waals surface area contributed by atoms with E-state index in [1.54, 1.807) is 23.1 Å². The Morgan fingerprint density at radius 3 is 2.10 bits per heavy atom. The summed E-state index contributed by atoms with van der Waals surface area (Å²) in [7, 11) is -3.62. The van der Waals surface area contributed by atoms with Crippen molar-refractivity contribution in [2.24, 2.45) is 17.8 Å². The number of benzene rings is 1. The van der Waals surface area contributed by atoms with E-state index < -0.39 is 27.8 Å². The lowest BCUT2D eigenvalue weighted by Crippen LogP contribution is -2.53. The van der Waals surface area contributed by atoms with Gasteiger partial charge in [-0.15, -0.1) is 0 Å². The minimum absolute atomic E-state index is 0.193. The third-order valence-corrected chi connectivity index (χ3v) is 7.74. The van der Waals surface area contributed by atoms with Crippen LogP contribution in [0.5, 0.6) is 0 Å². The molecule has 164 valence electrons. The molecule has 2 atom stereocenters. The largest absolute Gasteiger partial charge is 0.481 e. The number of aliphatic carboxylic acids is 1. The molecule has 1 aliphatic carbocycles. The zero-order chi connectivity index (χ0) is 21.9. The van der Waals surface area contributed by atoms with E-state index in [2.05, 4.69) is 13.8 Å². The zero-order valence-electron chi connectivity index (χ0n) is 17.5. The van der Waals surface area contributed by atoms with E-state index in [4.69, 9.17) is 0 Å². The Morgan fingerprint density at radius 2 is 1.57 bits per heavy atom. The number of hydrogen-bond acceptors (Lipinski definition) is 4. The molecule has 0 spiro atoms. The Kier molecular flexibility index (Phi) is 6.98. The van der Waals surface area contributed by atoms with Crippen LogP contribution in [0.4, 0.5) is 0 Å². The summed E-state index contributed by atoms with van der Waals surface area (Å²) in [6.07, 6.45) is 5.32. The first-order valence-corrected chi connectivity index (χ1v) is 11.9. The molecule has 7 nitrogen and oxygen atoms in total. The zero-order valence-corrected chi connectivity index (χ0v) is 18.3. The predicted octanol–water partition coefficient (Wildman–Crippen LogP) is 2.39. The number of carbonyl (C=O) groups excluding carboxylic acids is 1. The molecule has 1 heterocycles. The van der Waals surface area contributed by atoms with Crippen LogP contribution < -0.4 is 0 Å². The highest BCUT2D eigenvalue weighted by molar-refractivity contribution is 7.89. The van der Waals surface area contributed by atoms with Gasteiger partial charge in [-0.3, -0.25) is 9.59 Å². The van der Waals surface area contributed by atoms with Crippen LogP contribution in [0.1, 0.15) is 32.3 Å². The fourth-order valence-corrected chi connectivity index (χ4v) is 5.58. The summed E-state index contributed by atoms with van der Waals surface area (Å²) in [6, 6.07) is 7.01. The number of carbonyl (C=O) groups is 2. The Balaban J connectivity index is 1.63. The lowest BCUT2D eigenvalue weighted by molar-refractivity contribution is -0.151. The lowest BCUT2D eigenvalue weighted by atomic mass is 9.82. The smallest absolute Gasteiger partial charge is 0.307 e. The van der Waals surface area contributed by atoms with E-state index in [-0.39, 0.29) is 37.0 Å². The van der Waals surface area contributed by atoms with Gasteiger partial charge in [-0.05, 0) is 42.9 Å². The lowest BCUT2D eigenvalue weighted by Gasteiger charge is -2.37. The minimum Gasteiger partial charge on any atom is -0.481 e. The highest BCUT2D eigenvalue weighted by Crippen LogP contribution is 2.28. The molecule has 1 aliphatic heterocycles. The maximum absolute atomic E-state index is 13.0. The van der Waals surface area contributed by atoms with Crippen LogP contribution in [0.3, 0.4) is 0 Å². The number of piperazine rings is 1. The van der Waals surface area contributed by atoms with Crippen LogP contribution in [-0.2, 0) is 26.0 Å². The maximum Gasteiger partial charge on any atom is 0.307 e. The Bertz CT molecular complexity index is 900. The first-order chi connectivity index (χ1) is 14.2. The Labute approximate surface area is 178 Å². The van der Waals surface area contributed by atoms with Gasteiger partial charge < -0.3 is 10.0 Å². The van der Waals surface area contributed by atoms with Gasteiger partial charge in [0.05, 0.1) is 16.7 Å². The first kappa shape index (κ1) is 22.5. The summed E-state index contributed by atoms with van der Waals surface area (Å²) < 4.78 is 27.4. The minimum atomic E-state index is -3.62. The number of hydrogen-bond donors (Lipinski definition) is 1. The second-order valence-corrected chi connectivity index (χ2v) is 10.4. The summed E-state index contributed by atoms with van der Waals surface area (Å²) in [5.41, 5.74) is 1.11. The van der Waals surface area contributed by atoms with Crippen molar-refractivity contribution in [3.05, 3.63) is 42.0 Å². The van der Waals surface area contributed by atoms with Gasteiger partial charge in [-0.2, -0.15) is 4.31 Å². The third-order valence-electron chi connectivity index (χ3n) is 5.82. The molecule has 30 heavy (non-hydrogen) atoms. The molecule has 0 bridgehead atoms. The van der Waals surface area contributed by atoms with Crippen molar-refractivity contribution in [2.75, 3.05) is 26.2 Å². The summed E-state index contributed by atoms with van der Waals surface area (Å²) in [4.78, 5) is 26.2. The summed E-state index contributed by atoms with van der Waals surface area (Å²) in [5.74, 6) is -1.95. The highest BCUT2D eigenvalue weighted by Gasteiger charge is 2.38. The topological polar surface area (TPSA) is 95.0 Å². The van der Waals surface area contributed by atoms with E-state index in [1.165, 1.54) is 4.31 Å².